The maximum atomic E-state index is 5.92. The van der Waals surface area contributed by atoms with Gasteiger partial charge >= 0.3 is 6.01 Å². The molecule has 1 aromatic heterocycles. The highest BCUT2D eigenvalue weighted by Crippen LogP contribution is 2.22. The van der Waals surface area contributed by atoms with Crippen LogP contribution >= 0.6 is 0 Å². The molecule has 0 atom stereocenters. The predicted molar refractivity (Wildman–Crippen MR) is 108 cm³/mol. The number of nitrogens with zero attached hydrogens (tertiary/aromatic N) is 4. The van der Waals surface area contributed by atoms with Gasteiger partial charge in [-0.2, -0.15) is 4.68 Å². The van der Waals surface area contributed by atoms with Gasteiger partial charge in [0.1, 0.15) is 5.75 Å². The standard InChI is InChI=1S/C22H21N5O.ClH/c1-3-8-18(9-4-1)14-15-23-17-19-10-7-13-21(16-19)28-22-24-25-26-27(22)20-11-5-2-6-12-20;/h1-13,16,23H,14-15,17H2;1H/p-1. The summed E-state index contributed by atoms with van der Waals surface area (Å²) in [5, 5.41) is 15.2. The van der Waals surface area contributed by atoms with E-state index in [2.05, 4.69) is 51.2 Å². The van der Waals surface area contributed by atoms with Crippen LogP contribution in [0.15, 0.2) is 84.9 Å². The van der Waals surface area contributed by atoms with Crippen molar-refractivity contribution in [2.75, 3.05) is 6.54 Å². The van der Waals surface area contributed by atoms with Crippen molar-refractivity contribution in [1.29, 1.82) is 0 Å². The lowest BCUT2D eigenvalue weighted by atomic mass is 10.1. The largest absolute Gasteiger partial charge is 1.00 e. The lowest BCUT2D eigenvalue weighted by molar-refractivity contribution is -0.00000643. The molecule has 0 aliphatic carbocycles. The van der Waals surface area contributed by atoms with E-state index in [9.17, 15) is 0 Å². The van der Waals surface area contributed by atoms with Crippen LogP contribution in [0.4, 0.5) is 0 Å². The van der Waals surface area contributed by atoms with Crippen molar-refractivity contribution in [1.82, 2.24) is 25.5 Å². The van der Waals surface area contributed by atoms with Crippen LogP contribution in [0, 0.1) is 0 Å². The third-order valence-electron chi connectivity index (χ3n) is 4.31. The summed E-state index contributed by atoms with van der Waals surface area (Å²) in [5.74, 6) is 0.703. The maximum Gasteiger partial charge on any atom is 0.345 e. The molecule has 3 aromatic carbocycles. The van der Waals surface area contributed by atoms with E-state index >= 15 is 0 Å². The van der Waals surface area contributed by atoms with E-state index in [4.69, 9.17) is 4.74 Å². The summed E-state index contributed by atoms with van der Waals surface area (Å²) in [6.07, 6.45) is 1.00. The van der Waals surface area contributed by atoms with E-state index in [0.29, 0.717) is 11.8 Å². The van der Waals surface area contributed by atoms with Gasteiger partial charge in [-0.25, -0.2) is 0 Å². The second-order valence-corrected chi connectivity index (χ2v) is 6.37. The fourth-order valence-electron chi connectivity index (χ4n) is 2.91. The molecule has 1 N–H and O–H groups in total. The quantitative estimate of drug-likeness (QED) is 0.438. The summed E-state index contributed by atoms with van der Waals surface area (Å²) >= 11 is 0. The van der Waals surface area contributed by atoms with Crippen molar-refractivity contribution in [3.8, 4) is 17.4 Å². The van der Waals surface area contributed by atoms with Gasteiger partial charge in [0.05, 0.1) is 5.69 Å². The summed E-state index contributed by atoms with van der Waals surface area (Å²) in [7, 11) is 0. The van der Waals surface area contributed by atoms with Gasteiger partial charge in [0, 0.05) is 6.54 Å². The van der Waals surface area contributed by atoms with E-state index < -0.39 is 0 Å². The number of nitrogens with one attached hydrogen (secondary N) is 1. The summed E-state index contributed by atoms with van der Waals surface area (Å²) in [5.41, 5.74) is 3.32. The first-order valence-electron chi connectivity index (χ1n) is 9.24. The van der Waals surface area contributed by atoms with Crippen molar-refractivity contribution >= 4 is 0 Å². The van der Waals surface area contributed by atoms with E-state index in [-0.39, 0.29) is 12.4 Å². The van der Waals surface area contributed by atoms with Gasteiger partial charge in [-0.1, -0.05) is 65.8 Å². The lowest BCUT2D eigenvalue weighted by Crippen LogP contribution is -3.00. The van der Waals surface area contributed by atoms with Crippen molar-refractivity contribution in [3.05, 3.63) is 96.1 Å². The van der Waals surface area contributed by atoms with Crippen LogP contribution < -0.4 is 22.5 Å². The zero-order chi connectivity index (χ0) is 19.0. The number of halogens is 1. The van der Waals surface area contributed by atoms with Crippen LogP contribution in [0.5, 0.6) is 11.8 Å². The Morgan fingerprint density at radius 3 is 2.34 bits per heavy atom. The fraction of sp³-hybridized carbons (Fsp3) is 0.136. The van der Waals surface area contributed by atoms with Crippen molar-refractivity contribution < 1.29 is 17.1 Å². The molecule has 1 heterocycles. The van der Waals surface area contributed by atoms with Crippen LogP contribution in [0.25, 0.3) is 5.69 Å². The summed E-state index contributed by atoms with van der Waals surface area (Å²) in [6.45, 7) is 1.69. The molecule has 0 aliphatic heterocycles. The summed E-state index contributed by atoms with van der Waals surface area (Å²) in [6, 6.07) is 28.4. The average Bonchev–Trinajstić information content (AvgIpc) is 3.21. The smallest absolute Gasteiger partial charge is 0.345 e. The minimum atomic E-state index is 0. The average molecular weight is 407 g/mol. The number of hydrogen-bond acceptors (Lipinski definition) is 5. The number of para-hydroxylation sites is 1. The van der Waals surface area contributed by atoms with Gasteiger partial charge in [0.2, 0.25) is 0 Å². The second kappa shape index (κ2) is 10.4. The Kier molecular flexibility index (Phi) is 7.33. The number of ether oxygens (including phenoxy) is 1. The molecule has 148 valence electrons. The Bertz CT molecular complexity index is 1010. The van der Waals surface area contributed by atoms with Gasteiger partial charge in [-0.15, -0.1) is 0 Å². The molecule has 0 amide bonds. The third-order valence-corrected chi connectivity index (χ3v) is 4.31. The number of benzene rings is 3. The molecule has 0 radical (unpaired) electrons. The minimum absolute atomic E-state index is 0. The maximum absolute atomic E-state index is 5.92. The first kappa shape index (κ1) is 20.5. The molecular weight excluding hydrogens is 386 g/mol. The van der Waals surface area contributed by atoms with Gasteiger partial charge in [0.15, 0.2) is 0 Å². The Morgan fingerprint density at radius 1 is 0.828 bits per heavy atom. The molecule has 0 saturated heterocycles. The Morgan fingerprint density at radius 2 is 1.55 bits per heavy atom. The molecule has 0 bridgehead atoms. The van der Waals surface area contributed by atoms with Crippen molar-refractivity contribution in [3.63, 3.8) is 0 Å². The van der Waals surface area contributed by atoms with Crippen LogP contribution in [0.2, 0.25) is 0 Å². The van der Waals surface area contributed by atoms with Crippen LogP contribution in [0.1, 0.15) is 11.1 Å². The Balaban J connectivity index is 0.00000240. The lowest BCUT2D eigenvalue weighted by Gasteiger charge is -2.09. The Hall–Kier alpha value is -3.22. The van der Waals surface area contributed by atoms with Gasteiger partial charge in [0.25, 0.3) is 0 Å². The molecule has 4 aromatic rings. The molecule has 0 saturated carbocycles. The SMILES string of the molecule is [Cl-].c1ccc(CCNCc2cccc(Oc3nnnn3-c3ccccc3)c2)cc1. The van der Waals surface area contributed by atoms with Crippen LogP contribution in [-0.4, -0.2) is 26.8 Å². The van der Waals surface area contributed by atoms with Crippen molar-refractivity contribution in [2.24, 2.45) is 0 Å². The molecule has 0 spiro atoms. The topological polar surface area (TPSA) is 64.9 Å². The van der Waals surface area contributed by atoms with E-state index in [1.807, 2.05) is 54.6 Å². The molecule has 7 heteroatoms. The number of hydrogen-bond donors (Lipinski definition) is 1. The Labute approximate surface area is 175 Å². The molecule has 29 heavy (non-hydrogen) atoms. The fourth-order valence-corrected chi connectivity index (χ4v) is 2.91. The van der Waals surface area contributed by atoms with Gasteiger partial charge in [-0.3, -0.25) is 0 Å². The van der Waals surface area contributed by atoms with Gasteiger partial charge in [-0.05, 0) is 58.8 Å². The molecule has 0 unspecified atom stereocenters. The van der Waals surface area contributed by atoms with E-state index in [1.54, 1.807) is 4.68 Å². The van der Waals surface area contributed by atoms with Crippen LogP contribution in [-0.2, 0) is 13.0 Å². The molecule has 6 nitrogen and oxygen atoms in total. The van der Waals surface area contributed by atoms with Crippen LogP contribution in [0.3, 0.4) is 0 Å². The number of tetrazole rings is 1. The summed E-state index contributed by atoms with van der Waals surface area (Å²) < 4.78 is 7.49. The minimum Gasteiger partial charge on any atom is -1.00 e. The van der Waals surface area contributed by atoms with Crippen molar-refractivity contribution in [2.45, 2.75) is 13.0 Å². The second-order valence-electron chi connectivity index (χ2n) is 6.37. The highest BCUT2D eigenvalue weighted by atomic mass is 35.5. The normalized spacial score (nSPS) is 10.3. The molecule has 0 fully saturated rings. The summed E-state index contributed by atoms with van der Waals surface area (Å²) in [4.78, 5) is 0. The van der Waals surface area contributed by atoms with Gasteiger partial charge < -0.3 is 22.5 Å². The predicted octanol–water partition coefficient (Wildman–Crippen LogP) is 0.791. The first-order chi connectivity index (χ1) is 13.9. The molecule has 0 aliphatic rings. The zero-order valence-corrected chi connectivity index (χ0v) is 16.5. The highest BCUT2D eigenvalue weighted by Gasteiger charge is 2.10. The number of rotatable bonds is 8. The van der Waals surface area contributed by atoms with E-state index in [0.717, 1.165) is 30.8 Å². The first-order valence-corrected chi connectivity index (χ1v) is 9.24. The highest BCUT2D eigenvalue weighted by molar-refractivity contribution is 5.34. The molecule has 4 rings (SSSR count). The van der Waals surface area contributed by atoms with E-state index in [1.165, 1.54) is 5.56 Å². The monoisotopic (exact) mass is 406 g/mol. The molecular formula is C22H21ClN5O-. The zero-order valence-electron chi connectivity index (χ0n) is 15.8. The third kappa shape index (κ3) is 5.63. The number of aromatic nitrogens is 4.